The molecule has 8 heteroatoms. The number of nitrogens with two attached hydrogens (primary N) is 1. The number of benzene rings is 1. The Kier molecular flexibility index (Phi) is 6.20. The van der Waals surface area contributed by atoms with Gasteiger partial charge in [0.1, 0.15) is 0 Å². The van der Waals surface area contributed by atoms with Crippen LogP contribution in [0.15, 0.2) is 18.2 Å². The van der Waals surface area contributed by atoms with E-state index < -0.39 is 21.7 Å². The van der Waals surface area contributed by atoms with Crippen LogP contribution in [0.25, 0.3) is 0 Å². The van der Waals surface area contributed by atoms with Crippen molar-refractivity contribution in [3.8, 4) is 0 Å². The highest BCUT2D eigenvalue weighted by molar-refractivity contribution is 7.83. The van der Waals surface area contributed by atoms with Gasteiger partial charge >= 0.3 is 0 Å². The first kappa shape index (κ1) is 24.6. The fraction of sp³-hybridized carbons (Fsp3) is 0.696. The van der Waals surface area contributed by atoms with Crippen LogP contribution in [0.5, 0.6) is 0 Å². The van der Waals surface area contributed by atoms with E-state index in [4.69, 9.17) is 5.14 Å². The molecule has 2 aliphatic rings. The number of nitrogens with zero attached hydrogens (tertiary/aromatic N) is 2. The van der Waals surface area contributed by atoms with E-state index in [0.717, 1.165) is 23.1 Å². The van der Waals surface area contributed by atoms with Crippen LogP contribution in [0, 0.1) is 5.92 Å². The molecule has 176 valence electrons. The molecule has 1 fully saturated rings. The molecule has 1 saturated heterocycles. The lowest BCUT2D eigenvalue weighted by Gasteiger charge is -2.36. The summed E-state index contributed by atoms with van der Waals surface area (Å²) in [5, 5.41) is 33.4. The topological polar surface area (TPSA) is 102 Å². The van der Waals surface area contributed by atoms with Crippen LogP contribution in [0.3, 0.4) is 0 Å². The van der Waals surface area contributed by atoms with Gasteiger partial charge in [-0.1, -0.05) is 18.2 Å². The molecule has 0 amide bonds. The fourth-order valence-corrected chi connectivity index (χ4v) is 6.15. The molecule has 0 bridgehead atoms. The lowest BCUT2D eigenvalue weighted by molar-refractivity contribution is -0.216. The van der Waals surface area contributed by atoms with E-state index in [9.17, 15) is 14.6 Å². The number of hydroxylamine groups is 4. The van der Waals surface area contributed by atoms with Gasteiger partial charge in [0.05, 0.1) is 11.1 Å². The van der Waals surface area contributed by atoms with Gasteiger partial charge in [-0.25, -0.2) is 10.6 Å². The first-order valence-electron chi connectivity index (χ1n) is 10.9. The van der Waals surface area contributed by atoms with Crippen LogP contribution in [-0.4, -0.2) is 49.6 Å². The second-order valence-corrected chi connectivity index (χ2v) is 12.3. The summed E-state index contributed by atoms with van der Waals surface area (Å²) in [5.41, 5.74) is 1.18. The average Bonchev–Trinajstić information content (AvgIpc) is 2.90. The van der Waals surface area contributed by atoms with Crippen molar-refractivity contribution in [1.82, 2.24) is 15.4 Å². The van der Waals surface area contributed by atoms with Crippen molar-refractivity contribution in [3.05, 3.63) is 34.9 Å². The molecule has 5 N–H and O–H groups in total. The third kappa shape index (κ3) is 3.97. The van der Waals surface area contributed by atoms with Crippen molar-refractivity contribution in [1.29, 1.82) is 0 Å². The van der Waals surface area contributed by atoms with Crippen LogP contribution in [0.1, 0.15) is 78.5 Å². The molecule has 31 heavy (non-hydrogen) atoms. The molecule has 0 spiro atoms. The molecule has 7 nitrogen and oxygen atoms in total. The fourth-order valence-electron chi connectivity index (χ4n) is 5.55. The zero-order chi connectivity index (χ0) is 23.6. The lowest BCUT2D eigenvalue weighted by atomic mass is 9.87. The summed E-state index contributed by atoms with van der Waals surface area (Å²) in [6.07, 6.45) is 0.860. The van der Waals surface area contributed by atoms with E-state index in [2.05, 4.69) is 5.32 Å². The summed E-state index contributed by atoms with van der Waals surface area (Å²) in [4.78, 5) is 0.628. The highest BCUT2D eigenvalue weighted by Gasteiger charge is 2.51. The van der Waals surface area contributed by atoms with Crippen LogP contribution in [0.4, 0.5) is 0 Å². The smallest absolute Gasteiger partial charge is 0.0666 e. The number of fused-ring (bicyclic) bond motifs is 1. The van der Waals surface area contributed by atoms with Crippen LogP contribution >= 0.6 is 0 Å². The highest BCUT2D eigenvalue weighted by Crippen LogP contribution is 2.48. The molecule has 0 radical (unpaired) electrons. The number of hydrogen-bond acceptors (Lipinski definition) is 7. The molecule has 0 aromatic heterocycles. The predicted octanol–water partition coefficient (Wildman–Crippen LogP) is 3.08. The van der Waals surface area contributed by atoms with E-state index >= 15 is 0 Å². The molecule has 1 aromatic rings. The van der Waals surface area contributed by atoms with E-state index in [1.165, 1.54) is 10.1 Å². The van der Waals surface area contributed by atoms with Crippen LogP contribution < -0.4 is 10.5 Å². The van der Waals surface area contributed by atoms with Gasteiger partial charge in [0.25, 0.3) is 0 Å². The Morgan fingerprint density at radius 2 is 1.65 bits per heavy atom. The molecule has 1 unspecified atom stereocenters. The van der Waals surface area contributed by atoms with E-state index in [0.29, 0.717) is 18.0 Å². The van der Waals surface area contributed by atoms with Gasteiger partial charge in [-0.2, -0.15) is 10.1 Å². The molecule has 1 aromatic carbocycles. The molecule has 3 rings (SSSR count). The van der Waals surface area contributed by atoms with Crippen LogP contribution in [0.2, 0.25) is 0 Å². The SMILES string of the molecule is CC1(C)CC(CNCC(c2ccc3c(c2)C(C)(C)N(O)C3(C)C)=[S-](N)=O)C(C)(C)N1O. The average molecular weight is 452 g/mol. The molecular weight excluding hydrogens is 412 g/mol. The van der Waals surface area contributed by atoms with Crippen molar-refractivity contribution in [2.45, 2.75) is 84.0 Å². The van der Waals surface area contributed by atoms with Crippen molar-refractivity contribution >= 4 is 15.4 Å². The minimum Gasteiger partial charge on any atom is -0.447 e. The van der Waals surface area contributed by atoms with Gasteiger partial charge in [0.2, 0.25) is 0 Å². The maximum Gasteiger partial charge on any atom is 0.0666 e. The zero-order valence-electron chi connectivity index (χ0n) is 20.1. The second-order valence-electron chi connectivity index (χ2n) is 11.2. The van der Waals surface area contributed by atoms with Crippen molar-refractivity contribution in [3.63, 3.8) is 0 Å². The Hall–Kier alpha value is -1.00. The Labute approximate surface area is 188 Å². The Balaban J connectivity index is 1.81. The third-order valence-corrected chi connectivity index (χ3v) is 8.37. The molecule has 0 saturated carbocycles. The molecule has 0 aliphatic carbocycles. The van der Waals surface area contributed by atoms with E-state index in [1.54, 1.807) is 0 Å². The van der Waals surface area contributed by atoms with E-state index in [-0.39, 0.29) is 17.0 Å². The number of hydrogen-bond donors (Lipinski definition) is 4. The normalized spacial score (nSPS) is 27.8. The highest BCUT2D eigenvalue weighted by atomic mass is 32.2. The first-order valence-corrected chi connectivity index (χ1v) is 12.1. The summed E-state index contributed by atoms with van der Waals surface area (Å²) < 4.78 is 12.4. The zero-order valence-corrected chi connectivity index (χ0v) is 20.9. The summed E-state index contributed by atoms with van der Waals surface area (Å²) in [5.74, 6) is 0.239. The van der Waals surface area contributed by atoms with Gasteiger partial charge in [-0.15, -0.1) is 4.86 Å². The van der Waals surface area contributed by atoms with Gasteiger partial charge < -0.3 is 25.1 Å². The maximum absolute atomic E-state index is 12.4. The summed E-state index contributed by atoms with van der Waals surface area (Å²) in [6.45, 7) is 17.2. The monoisotopic (exact) mass is 451 g/mol. The minimum absolute atomic E-state index is 0.239. The minimum atomic E-state index is -1.63. The summed E-state index contributed by atoms with van der Waals surface area (Å²) in [6, 6.07) is 5.95. The first-order chi connectivity index (χ1) is 14.0. The van der Waals surface area contributed by atoms with Gasteiger partial charge in [-0.3, -0.25) is 0 Å². The summed E-state index contributed by atoms with van der Waals surface area (Å²) >= 11 is 0. The number of nitrogens with one attached hydrogen (secondary N) is 1. The molecule has 1 atom stereocenters. The number of rotatable bonds is 5. The van der Waals surface area contributed by atoms with Gasteiger partial charge in [0, 0.05) is 24.2 Å². The molecular formula is C23H39N4O3S-. The van der Waals surface area contributed by atoms with Gasteiger partial charge in [0.15, 0.2) is 0 Å². The van der Waals surface area contributed by atoms with Crippen molar-refractivity contribution in [2.24, 2.45) is 11.1 Å². The quantitative estimate of drug-likeness (QED) is 0.312. The predicted molar refractivity (Wildman–Crippen MR) is 125 cm³/mol. The van der Waals surface area contributed by atoms with Crippen LogP contribution in [-0.2, 0) is 25.9 Å². The van der Waals surface area contributed by atoms with Gasteiger partial charge in [-0.05, 0) is 84.4 Å². The lowest BCUT2D eigenvalue weighted by Crippen LogP contribution is -2.48. The molecule has 2 heterocycles. The Morgan fingerprint density at radius 1 is 1.06 bits per heavy atom. The second kappa shape index (κ2) is 7.80. The Bertz CT molecular complexity index is 948. The van der Waals surface area contributed by atoms with Crippen molar-refractivity contribution in [2.75, 3.05) is 13.1 Å². The maximum atomic E-state index is 12.4. The van der Waals surface area contributed by atoms with Crippen molar-refractivity contribution < 1.29 is 14.6 Å². The molecule has 2 aliphatic heterocycles. The Morgan fingerprint density at radius 3 is 2.16 bits per heavy atom. The largest absolute Gasteiger partial charge is 0.447 e. The third-order valence-electron chi connectivity index (χ3n) is 7.50. The summed E-state index contributed by atoms with van der Waals surface area (Å²) in [7, 11) is -1.63. The van der Waals surface area contributed by atoms with E-state index in [1.807, 2.05) is 73.6 Å². The standard InChI is InChI=1S/C23H39N4O3S/c1-20(2)12-16(21(3,4)26(20)28)13-25-14-19(31(24)30)15-9-10-17-18(11-15)23(7,8)27(29)22(17,5)6/h9-11,16,25,28-29H,12-14H2,1-8H3,(H2,24,30)/q-1.